The molecular formula is C26H35Cl2N3O6S. The quantitative estimate of drug-likeness (QED) is 0.370. The zero-order valence-electron chi connectivity index (χ0n) is 22.5. The zero-order chi connectivity index (χ0) is 28.6. The average Bonchev–Trinajstić information content (AvgIpc) is 2.87. The molecule has 0 bridgehead atoms. The largest absolute Gasteiger partial charge is 0.497 e. The molecule has 12 heteroatoms. The highest BCUT2D eigenvalue weighted by Crippen LogP contribution is 2.34. The van der Waals surface area contributed by atoms with Crippen LogP contribution in [-0.4, -0.2) is 64.2 Å². The zero-order valence-corrected chi connectivity index (χ0v) is 24.8. The van der Waals surface area contributed by atoms with Gasteiger partial charge in [-0.1, -0.05) is 43.1 Å². The number of carbonyl (C=O) groups excluding carboxylic acids is 2. The fourth-order valence-electron chi connectivity index (χ4n) is 3.78. The molecule has 2 rings (SSSR count). The van der Waals surface area contributed by atoms with Crippen molar-refractivity contribution < 1.29 is 27.5 Å². The monoisotopic (exact) mass is 587 g/mol. The van der Waals surface area contributed by atoms with Crippen LogP contribution in [0.25, 0.3) is 0 Å². The van der Waals surface area contributed by atoms with E-state index in [1.54, 1.807) is 37.3 Å². The molecule has 0 spiro atoms. The molecule has 38 heavy (non-hydrogen) atoms. The number of halogens is 2. The van der Waals surface area contributed by atoms with Gasteiger partial charge in [-0.25, -0.2) is 8.42 Å². The second-order valence-electron chi connectivity index (χ2n) is 8.82. The van der Waals surface area contributed by atoms with Crippen molar-refractivity contribution in [1.29, 1.82) is 0 Å². The Labute approximate surface area is 235 Å². The van der Waals surface area contributed by atoms with Crippen LogP contribution in [0.4, 0.5) is 5.69 Å². The van der Waals surface area contributed by atoms with Gasteiger partial charge in [0, 0.05) is 18.7 Å². The smallest absolute Gasteiger partial charge is 0.244 e. The molecule has 1 N–H and O–H groups in total. The van der Waals surface area contributed by atoms with Gasteiger partial charge in [0.25, 0.3) is 0 Å². The van der Waals surface area contributed by atoms with Crippen LogP contribution < -0.4 is 19.1 Å². The number of rotatable bonds is 13. The van der Waals surface area contributed by atoms with E-state index in [2.05, 4.69) is 5.32 Å². The fraction of sp³-hybridized carbons (Fsp3) is 0.462. The van der Waals surface area contributed by atoms with Crippen molar-refractivity contribution in [1.82, 2.24) is 10.2 Å². The van der Waals surface area contributed by atoms with Gasteiger partial charge >= 0.3 is 0 Å². The fourth-order valence-corrected chi connectivity index (χ4v) is 4.95. The molecule has 9 nitrogen and oxygen atoms in total. The Bertz CT molecular complexity index is 1240. The molecule has 2 atom stereocenters. The second kappa shape index (κ2) is 13.9. The molecule has 0 aliphatic carbocycles. The number of amides is 2. The maximum absolute atomic E-state index is 13.9. The van der Waals surface area contributed by atoms with Gasteiger partial charge in [0.1, 0.15) is 24.1 Å². The third-order valence-corrected chi connectivity index (χ3v) is 7.92. The van der Waals surface area contributed by atoms with Gasteiger partial charge < -0.3 is 19.7 Å². The number of hydrogen-bond acceptors (Lipinski definition) is 6. The summed E-state index contributed by atoms with van der Waals surface area (Å²) in [5.74, 6) is -0.298. The lowest BCUT2D eigenvalue weighted by atomic mass is 10.1. The van der Waals surface area contributed by atoms with Crippen LogP contribution in [0.2, 0.25) is 10.0 Å². The van der Waals surface area contributed by atoms with Crippen molar-refractivity contribution in [2.45, 2.75) is 52.2 Å². The van der Waals surface area contributed by atoms with E-state index in [4.69, 9.17) is 32.7 Å². The molecular weight excluding hydrogens is 553 g/mol. The SMILES string of the molecule is CC[C@H](C)NC(=O)[C@H](CC)N(Cc1ccc(Cl)c(Cl)c1)C(=O)CN(c1cc(OC)ccc1OC)S(C)(=O)=O. The van der Waals surface area contributed by atoms with Crippen LogP contribution >= 0.6 is 23.2 Å². The number of nitrogens with one attached hydrogen (secondary N) is 1. The summed E-state index contributed by atoms with van der Waals surface area (Å²) in [7, 11) is -1.11. The van der Waals surface area contributed by atoms with E-state index in [0.29, 0.717) is 34.2 Å². The Morgan fingerprint density at radius 1 is 1.00 bits per heavy atom. The van der Waals surface area contributed by atoms with Crippen molar-refractivity contribution in [3.8, 4) is 11.5 Å². The van der Waals surface area contributed by atoms with E-state index in [1.807, 2.05) is 13.8 Å². The number of carbonyl (C=O) groups is 2. The van der Waals surface area contributed by atoms with Crippen molar-refractivity contribution in [2.24, 2.45) is 0 Å². The standard InChI is InChI=1S/C26H35Cl2N3O6S/c1-7-17(3)29-26(33)22(8-2)30(15-18-9-11-20(27)21(28)13-18)25(32)16-31(38(6,34)35)23-14-19(36-4)10-12-24(23)37-5/h9-14,17,22H,7-8,15-16H2,1-6H3,(H,29,33)/t17-,22-/m0/s1. The molecule has 0 saturated heterocycles. The molecule has 0 fully saturated rings. The van der Waals surface area contributed by atoms with Gasteiger partial charge in [-0.3, -0.25) is 13.9 Å². The van der Waals surface area contributed by atoms with Crippen LogP contribution in [0.3, 0.4) is 0 Å². The van der Waals surface area contributed by atoms with Gasteiger partial charge in [0.05, 0.1) is 36.2 Å². The molecule has 2 aromatic carbocycles. The van der Waals surface area contributed by atoms with Crippen molar-refractivity contribution in [3.63, 3.8) is 0 Å². The molecule has 0 radical (unpaired) electrons. The first kappa shape index (κ1) is 31.5. The number of benzene rings is 2. The summed E-state index contributed by atoms with van der Waals surface area (Å²) in [4.78, 5) is 28.4. The van der Waals surface area contributed by atoms with Crippen LogP contribution in [0.1, 0.15) is 39.2 Å². The number of hydrogen-bond donors (Lipinski definition) is 1. The third-order valence-electron chi connectivity index (χ3n) is 6.06. The first-order valence-corrected chi connectivity index (χ1v) is 14.7. The van der Waals surface area contributed by atoms with Gasteiger partial charge in [-0.15, -0.1) is 0 Å². The van der Waals surface area contributed by atoms with Crippen LogP contribution in [0.5, 0.6) is 11.5 Å². The predicted octanol–water partition coefficient (Wildman–Crippen LogP) is 4.50. The lowest BCUT2D eigenvalue weighted by Gasteiger charge is -2.33. The minimum atomic E-state index is -3.95. The Morgan fingerprint density at radius 3 is 2.21 bits per heavy atom. The molecule has 2 amide bonds. The Kier molecular flexibility index (Phi) is 11.5. The van der Waals surface area contributed by atoms with E-state index in [9.17, 15) is 18.0 Å². The normalized spacial score (nSPS) is 12.8. The predicted molar refractivity (Wildman–Crippen MR) is 151 cm³/mol. The number of sulfonamides is 1. The lowest BCUT2D eigenvalue weighted by molar-refractivity contribution is -0.140. The van der Waals surface area contributed by atoms with Crippen molar-refractivity contribution in [3.05, 3.63) is 52.0 Å². The van der Waals surface area contributed by atoms with Crippen LogP contribution in [-0.2, 0) is 26.2 Å². The highest BCUT2D eigenvalue weighted by atomic mass is 35.5. The Hall–Kier alpha value is -2.69. The van der Waals surface area contributed by atoms with Crippen LogP contribution in [0.15, 0.2) is 36.4 Å². The van der Waals surface area contributed by atoms with Crippen LogP contribution in [0, 0.1) is 0 Å². The molecule has 210 valence electrons. The van der Waals surface area contributed by atoms with Crippen molar-refractivity contribution in [2.75, 3.05) is 31.3 Å². The lowest BCUT2D eigenvalue weighted by Crippen LogP contribution is -2.53. The summed E-state index contributed by atoms with van der Waals surface area (Å²) in [6.45, 7) is 5.04. The summed E-state index contributed by atoms with van der Waals surface area (Å²) in [6.07, 6.45) is 2.01. The topological polar surface area (TPSA) is 105 Å². The molecule has 0 unspecified atom stereocenters. The van der Waals surface area contributed by atoms with Gasteiger partial charge in [0.15, 0.2) is 0 Å². The minimum absolute atomic E-state index is 0.00893. The molecule has 0 aliphatic rings. The maximum Gasteiger partial charge on any atom is 0.244 e. The summed E-state index contributed by atoms with van der Waals surface area (Å²) >= 11 is 12.3. The molecule has 0 aromatic heterocycles. The van der Waals surface area contributed by atoms with E-state index < -0.39 is 28.5 Å². The minimum Gasteiger partial charge on any atom is -0.497 e. The molecule has 0 aliphatic heterocycles. The number of ether oxygens (including phenoxy) is 2. The van der Waals surface area contributed by atoms with Gasteiger partial charge in [-0.05, 0) is 49.6 Å². The summed E-state index contributed by atoms with van der Waals surface area (Å²) in [6, 6.07) is 8.60. The van der Waals surface area contributed by atoms with E-state index in [1.165, 1.54) is 25.2 Å². The Morgan fingerprint density at radius 2 is 1.68 bits per heavy atom. The highest BCUT2D eigenvalue weighted by molar-refractivity contribution is 7.92. The maximum atomic E-state index is 13.9. The molecule has 2 aromatic rings. The summed E-state index contributed by atoms with van der Waals surface area (Å²) < 4.78 is 37.4. The van der Waals surface area contributed by atoms with E-state index >= 15 is 0 Å². The summed E-state index contributed by atoms with van der Waals surface area (Å²) in [5, 5.41) is 3.57. The molecule has 0 heterocycles. The third kappa shape index (κ3) is 8.15. The van der Waals surface area contributed by atoms with E-state index in [0.717, 1.165) is 10.6 Å². The second-order valence-corrected chi connectivity index (χ2v) is 11.5. The first-order chi connectivity index (χ1) is 17.9. The Balaban J connectivity index is 2.55. The summed E-state index contributed by atoms with van der Waals surface area (Å²) in [5.41, 5.74) is 0.765. The first-order valence-electron chi connectivity index (χ1n) is 12.1. The molecule has 0 saturated carbocycles. The van der Waals surface area contributed by atoms with E-state index in [-0.39, 0.29) is 29.9 Å². The number of anilines is 1. The van der Waals surface area contributed by atoms with Gasteiger partial charge in [-0.2, -0.15) is 0 Å². The highest BCUT2D eigenvalue weighted by Gasteiger charge is 2.33. The number of nitrogens with zero attached hydrogens (tertiary/aromatic N) is 2. The van der Waals surface area contributed by atoms with Gasteiger partial charge in [0.2, 0.25) is 21.8 Å². The average molecular weight is 589 g/mol. The van der Waals surface area contributed by atoms with Crippen molar-refractivity contribution >= 4 is 50.7 Å². The number of methoxy groups -OCH3 is 2.